The average Bonchev–Trinajstić information content (AvgIpc) is 2.62. The van der Waals surface area contributed by atoms with Gasteiger partial charge in [-0.05, 0) is 31.0 Å². The molecule has 0 unspecified atom stereocenters. The summed E-state index contributed by atoms with van der Waals surface area (Å²) in [5.74, 6) is -0.546. The van der Waals surface area contributed by atoms with Gasteiger partial charge in [0.2, 0.25) is 5.91 Å². The zero-order chi connectivity index (χ0) is 17.8. The number of aromatic nitrogens is 2. The Morgan fingerprint density at radius 1 is 1.20 bits per heavy atom. The molecule has 1 amide bonds. The highest BCUT2D eigenvalue weighted by atomic mass is 35.5. The van der Waals surface area contributed by atoms with Crippen molar-refractivity contribution in [1.82, 2.24) is 9.97 Å². The van der Waals surface area contributed by atoms with E-state index in [1.54, 1.807) is 24.7 Å². The van der Waals surface area contributed by atoms with Gasteiger partial charge in [-0.15, -0.1) is 0 Å². The number of hydrogen-bond acceptors (Lipinski definition) is 5. The van der Waals surface area contributed by atoms with Crippen molar-refractivity contribution >= 4 is 35.0 Å². The van der Waals surface area contributed by atoms with E-state index in [1.807, 2.05) is 0 Å². The summed E-state index contributed by atoms with van der Waals surface area (Å²) in [5.41, 5.74) is 0.437. The van der Waals surface area contributed by atoms with Crippen LogP contribution in [-0.4, -0.2) is 40.0 Å². The Labute approximate surface area is 149 Å². The third-order valence-corrected chi connectivity index (χ3v) is 4.37. The molecule has 0 bridgehead atoms. The van der Waals surface area contributed by atoms with E-state index < -0.39 is 5.97 Å². The second-order valence-electron chi connectivity index (χ2n) is 5.85. The van der Waals surface area contributed by atoms with Crippen LogP contribution in [0.3, 0.4) is 0 Å². The molecule has 2 heterocycles. The molecule has 0 radical (unpaired) electrons. The van der Waals surface area contributed by atoms with Gasteiger partial charge in [-0.25, -0.2) is 9.78 Å². The van der Waals surface area contributed by atoms with E-state index >= 15 is 0 Å². The van der Waals surface area contributed by atoms with Crippen LogP contribution in [0.5, 0.6) is 0 Å². The highest BCUT2D eigenvalue weighted by Crippen LogP contribution is 2.24. The molecule has 130 valence electrons. The zero-order valence-electron chi connectivity index (χ0n) is 13.4. The number of carboxylic acid groups (broad SMARTS) is 1. The second-order valence-corrected chi connectivity index (χ2v) is 6.28. The van der Waals surface area contributed by atoms with Crippen molar-refractivity contribution in [3.8, 4) is 0 Å². The number of carboxylic acids is 1. The van der Waals surface area contributed by atoms with Crippen LogP contribution in [0.1, 0.15) is 23.2 Å². The Morgan fingerprint density at radius 3 is 2.60 bits per heavy atom. The summed E-state index contributed by atoms with van der Waals surface area (Å²) < 4.78 is 0. The van der Waals surface area contributed by atoms with Gasteiger partial charge in [0.25, 0.3) is 0 Å². The maximum Gasteiger partial charge on any atom is 0.335 e. The Bertz CT molecular complexity index is 777. The summed E-state index contributed by atoms with van der Waals surface area (Å²) in [6.45, 7) is 1.43. The van der Waals surface area contributed by atoms with Crippen molar-refractivity contribution in [1.29, 1.82) is 0 Å². The molecule has 3 rings (SSSR count). The van der Waals surface area contributed by atoms with Gasteiger partial charge in [-0.2, -0.15) is 0 Å². The number of halogens is 1. The first-order valence-electron chi connectivity index (χ1n) is 7.88. The highest BCUT2D eigenvalue weighted by Gasteiger charge is 2.26. The minimum absolute atomic E-state index is 0.0419. The normalized spacial score (nSPS) is 15.0. The number of nitrogens with zero attached hydrogens (tertiary/aromatic N) is 3. The molecule has 1 aromatic heterocycles. The van der Waals surface area contributed by atoms with Gasteiger partial charge in [0, 0.05) is 42.1 Å². The largest absolute Gasteiger partial charge is 0.478 e. The van der Waals surface area contributed by atoms with Crippen LogP contribution >= 0.6 is 11.6 Å². The Kier molecular flexibility index (Phi) is 5.14. The van der Waals surface area contributed by atoms with Crippen LogP contribution in [-0.2, 0) is 4.79 Å². The minimum Gasteiger partial charge on any atom is -0.478 e. The first-order valence-corrected chi connectivity index (χ1v) is 8.26. The van der Waals surface area contributed by atoms with E-state index in [-0.39, 0.29) is 22.4 Å². The maximum absolute atomic E-state index is 12.5. The van der Waals surface area contributed by atoms with Crippen LogP contribution in [0, 0.1) is 5.92 Å². The molecular weight excluding hydrogens is 344 g/mol. The number of anilines is 2. The van der Waals surface area contributed by atoms with Gasteiger partial charge in [0.05, 0.1) is 11.8 Å². The lowest BCUT2D eigenvalue weighted by Gasteiger charge is -2.31. The van der Waals surface area contributed by atoms with E-state index in [0.717, 1.165) is 5.82 Å². The van der Waals surface area contributed by atoms with Crippen LogP contribution < -0.4 is 10.2 Å². The minimum atomic E-state index is -1.09. The van der Waals surface area contributed by atoms with Crippen molar-refractivity contribution in [3.05, 3.63) is 47.4 Å². The number of carbonyl (C=O) groups excluding carboxylic acids is 1. The summed E-state index contributed by atoms with van der Waals surface area (Å²) in [6.07, 6.45) is 6.36. The Morgan fingerprint density at radius 2 is 1.96 bits per heavy atom. The van der Waals surface area contributed by atoms with Gasteiger partial charge in [0.1, 0.15) is 5.82 Å². The molecule has 0 aliphatic carbocycles. The van der Waals surface area contributed by atoms with Gasteiger partial charge in [0.15, 0.2) is 0 Å². The van der Waals surface area contributed by atoms with Crippen molar-refractivity contribution in [2.24, 2.45) is 5.92 Å². The second kappa shape index (κ2) is 7.48. The Hall–Kier alpha value is -2.67. The molecule has 25 heavy (non-hydrogen) atoms. The SMILES string of the molecule is O=C(O)c1cc(Cl)cc(NC(=O)C2CCN(c3cnccn3)CC2)c1. The van der Waals surface area contributed by atoms with Crippen LogP contribution in [0.2, 0.25) is 5.02 Å². The van der Waals surface area contributed by atoms with Crippen molar-refractivity contribution in [2.75, 3.05) is 23.3 Å². The van der Waals surface area contributed by atoms with Gasteiger partial charge in [-0.3, -0.25) is 9.78 Å². The summed E-state index contributed by atoms with van der Waals surface area (Å²) in [4.78, 5) is 34.0. The fourth-order valence-corrected chi connectivity index (χ4v) is 3.09. The number of hydrogen-bond donors (Lipinski definition) is 2. The first-order chi connectivity index (χ1) is 12.0. The van der Waals surface area contributed by atoms with E-state index in [4.69, 9.17) is 16.7 Å². The molecule has 0 spiro atoms. The van der Waals surface area contributed by atoms with E-state index in [2.05, 4.69) is 20.2 Å². The Balaban J connectivity index is 1.61. The molecule has 0 saturated carbocycles. The lowest BCUT2D eigenvalue weighted by Crippen LogP contribution is -2.38. The lowest BCUT2D eigenvalue weighted by atomic mass is 9.96. The molecular formula is C17H17ClN4O3. The van der Waals surface area contributed by atoms with Crippen LogP contribution in [0.15, 0.2) is 36.8 Å². The molecule has 1 saturated heterocycles. The quantitative estimate of drug-likeness (QED) is 0.870. The van der Waals surface area contributed by atoms with E-state index in [9.17, 15) is 9.59 Å². The number of rotatable bonds is 4. The summed E-state index contributed by atoms with van der Waals surface area (Å²) in [5, 5.41) is 12.1. The highest BCUT2D eigenvalue weighted by molar-refractivity contribution is 6.31. The summed E-state index contributed by atoms with van der Waals surface area (Å²) >= 11 is 5.92. The molecule has 0 atom stereocenters. The standard InChI is InChI=1S/C17H17ClN4O3/c18-13-7-12(17(24)25)8-14(9-13)21-16(23)11-1-5-22(6-2-11)15-10-19-3-4-20-15/h3-4,7-11H,1-2,5-6H2,(H,21,23)(H,24,25). The van der Waals surface area contributed by atoms with Crippen LogP contribution in [0.4, 0.5) is 11.5 Å². The topological polar surface area (TPSA) is 95.4 Å². The molecule has 7 nitrogen and oxygen atoms in total. The molecule has 1 aliphatic heterocycles. The average molecular weight is 361 g/mol. The maximum atomic E-state index is 12.5. The number of nitrogens with one attached hydrogen (secondary N) is 1. The number of benzene rings is 1. The fraction of sp³-hybridized carbons (Fsp3) is 0.294. The van der Waals surface area contributed by atoms with Crippen molar-refractivity contribution in [2.45, 2.75) is 12.8 Å². The van der Waals surface area contributed by atoms with Crippen LogP contribution in [0.25, 0.3) is 0 Å². The fourth-order valence-electron chi connectivity index (χ4n) is 2.85. The number of piperidine rings is 1. The van der Waals surface area contributed by atoms with Gasteiger partial charge >= 0.3 is 5.97 Å². The van der Waals surface area contributed by atoms with Gasteiger partial charge in [-0.1, -0.05) is 11.6 Å². The number of aromatic carboxylic acids is 1. The van der Waals surface area contributed by atoms with E-state index in [1.165, 1.54) is 12.1 Å². The summed E-state index contributed by atoms with van der Waals surface area (Å²) in [7, 11) is 0. The van der Waals surface area contributed by atoms with Gasteiger partial charge < -0.3 is 15.3 Å². The monoisotopic (exact) mass is 360 g/mol. The molecule has 8 heteroatoms. The molecule has 2 N–H and O–H groups in total. The molecule has 1 fully saturated rings. The molecule has 1 aromatic carbocycles. The van der Waals surface area contributed by atoms with E-state index in [0.29, 0.717) is 31.6 Å². The zero-order valence-corrected chi connectivity index (χ0v) is 14.1. The third-order valence-electron chi connectivity index (χ3n) is 4.15. The predicted octanol–water partition coefficient (Wildman–Crippen LogP) is 2.68. The summed E-state index contributed by atoms with van der Waals surface area (Å²) in [6, 6.07) is 4.29. The van der Waals surface area contributed by atoms with Crippen molar-refractivity contribution < 1.29 is 14.7 Å². The number of carbonyl (C=O) groups is 2. The molecule has 2 aromatic rings. The number of amides is 1. The first kappa shape index (κ1) is 17.2. The third kappa shape index (κ3) is 4.24. The molecule has 1 aliphatic rings. The lowest BCUT2D eigenvalue weighted by molar-refractivity contribution is -0.120. The smallest absolute Gasteiger partial charge is 0.335 e. The van der Waals surface area contributed by atoms with Crippen molar-refractivity contribution in [3.63, 3.8) is 0 Å². The predicted molar refractivity (Wildman–Crippen MR) is 94.0 cm³/mol.